The fraction of sp³-hybridized carbons (Fsp3) is 0.222. The van der Waals surface area contributed by atoms with Gasteiger partial charge in [-0.05, 0) is 74.6 Å². The van der Waals surface area contributed by atoms with Crippen molar-refractivity contribution < 1.29 is 17.6 Å². The summed E-state index contributed by atoms with van der Waals surface area (Å²) in [6.45, 7) is 2.81. The molecule has 2 aromatic carbocycles. The molecule has 0 aliphatic carbocycles. The lowest BCUT2D eigenvalue weighted by Crippen LogP contribution is -2.22. The maximum absolute atomic E-state index is 13.0. The molecule has 0 bridgehead atoms. The highest BCUT2D eigenvalue weighted by Crippen LogP contribution is 2.25. The molecule has 0 aliphatic rings. The van der Waals surface area contributed by atoms with E-state index in [2.05, 4.69) is 15.3 Å². The summed E-state index contributed by atoms with van der Waals surface area (Å²) in [6, 6.07) is 17.4. The molecule has 0 aliphatic heterocycles. The maximum Gasteiger partial charge on any atom is 0.251 e. The van der Waals surface area contributed by atoms with Gasteiger partial charge in [-0.25, -0.2) is 13.4 Å². The zero-order chi connectivity index (χ0) is 25.7. The standard InChI is InChI=1S/C27H28N4O4S/c1-19-25(18-36(33,34)24-12-6-20(7-13-24)17-31(2)3)30-27(35-19)23-10-8-22(9-11-23)26(32)29-16-21-5-4-14-28-15-21/h4-15H,16-18H2,1-3H3,(H,29,32). The van der Waals surface area contributed by atoms with E-state index in [-0.39, 0.29) is 16.6 Å². The van der Waals surface area contributed by atoms with Crippen LogP contribution in [0.1, 0.15) is 32.9 Å². The van der Waals surface area contributed by atoms with Crippen LogP contribution in [0, 0.1) is 6.92 Å². The number of nitrogens with one attached hydrogen (secondary N) is 1. The lowest BCUT2D eigenvalue weighted by Gasteiger charge is -2.10. The molecule has 0 radical (unpaired) electrons. The smallest absolute Gasteiger partial charge is 0.251 e. The number of oxazole rings is 1. The molecule has 8 nitrogen and oxygen atoms in total. The number of benzene rings is 2. The number of rotatable bonds is 9. The number of aromatic nitrogens is 2. The van der Waals surface area contributed by atoms with E-state index < -0.39 is 9.84 Å². The maximum atomic E-state index is 13.0. The van der Waals surface area contributed by atoms with E-state index in [1.165, 1.54) is 0 Å². The monoisotopic (exact) mass is 504 g/mol. The number of hydrogen-bond acceptors (Lipinski definition) is 7. The van der Waals surface area contributed by atoms with Gasteiger partial charge < -0.3 is 14.6 Å². The van der Waals surface area contributed by atoms with Gasteiger partial charge in [-0.2, -0.15) is 0 Å². The lowest BCUT2D eigenvalue weighted by molar-refractivity contribution is 0.0951. The fourth-order valence-electron chi connectivity index (χ4n) is 3.67. The van der Waals surface area contributed by atoms with Crippen molar-refractivity contribution in [2.24, 2.45) is 0 Å². The zero-order valence-corrected chi connectivity index (χ0v) is 21.2. The summed E-state index contributed by atoms with van der Waals surface area (Å²) in [5.74, 6) is 0.277. The summed E-state index contributed by atoms with van der Waals surface area (Å²) in [4.78, 5) is 23.2. The SMILES string of the molecule is Cc1oc(-c2ccc(C(=O)NCc3cccnc3)cc2)nc1CS(=O)(=O)c1ccc(CN(C)C)cc1. The van der Waals surface area contributed by atoms with Gasteiger partial charge in [0.25, 0.3) is 5.91 Å². The van der Waals surface area contributed by atoms with E-state index in [1.54, 1.807) is 55.7 Å². The molecule has 9 heteroatoms. The van der Waals surface area contributed by atoms with Crippen LogP contribution in [0.25, 0.3) is 11.5 Å². The van der Waals surface area contributed by atoms with E-state index in [1.807, 2.05) is 43.3 Å². The zero-order valence-electron chi connectivity index (χ0n) is 20.4. The number of nitrogens with zero attached hydrogens (tertiary/aromatic N) is 3. The van der Waals surface area contributed by atoms with Gasteiger partial charge in [-0.1, -0.05) is 18.2 Å². The van der Waals surface area contributed by atoms with Gasteiger partial charge in [0.15, 0.2) is 9.84 Å². The van der Waals surface area contributed by atoms with Crippen molar-refractivity contribution >= 4 is 15.7 Å². The van der Waals surface area contributed by atoms with Gasteiger partial charge in [0.1, 0.15) is 11.5 Å². The first-order valence-electron chi connectivity index (χ1n) is 11.4. The number of aryl methyl sites for hydroxylation is 1. The summed E-state index contributed by atoms with van der Waals surface area (Å²) in [7, 11) is 0.330. The summed E-state index contributed by atoms with van der Waals surface area (Å²) in [5.41, 5.74) is 3.45. The largest absolute Gasteiger partial charge is 0.441 e. The molecule has 0 saturated heterocycles. The second-order valence-electron chi connectivity index (χ2n) is 8.78. The molecule has 1 amide bonds. The Labute approximate surface area is 210 Å². The minimum atomic E-state index is -3.59. The minimum absolute atomic E-state index is 0.211. The van der Waals surface area contributed by atoms with E-state index >= 15 is 0 Å². The van der Waals surface area contributed by atoms with Crippen LogP contribution < -0.4 is 5.32 Å². The molecule has 4 aromatic rings. The molecule has 0 atom stereocenters. The van der Waals surface area contributed by atoms with Gasteiger partial charge in [0.05, 0.1) is 10.6 Å². The van der Waals surface area contributed by atoms with Crippen LogP contribution in [0.5, 0.6) is 0 Å². The molecule has 4 rings (SSSR count). The first kappa shape index (κ1) is 25.3. The van der Waals surface area contributed by atoms with Crippen LogP contribution in [0.15, 0.2) is 82.4 Å². The Morgan fingerprint density at radius 3 is 2.36 bits per heavy atom. The number of carbonyl (C=O) groups is 1. The molecule has 2 heterocycles. The van der Waals surface area contributed by atoms with Crippen LogP contribution in [0.2, 0.25) is 0 Å². The summed E-state index contributed by atoms with van der Waals surface area (Å²) in [6.07, 6.45) is 3.38. The molecular formula is C27H28N4O4S. The molecule has 0 spiro atoms. The first-order valence-corrected chi connectivity index (χ1v) is 13.1. The summed E-state index contributed by atoms with van der Waals surface area (Å²) >= 11 is 0. The van der Waals surface area contributed by atoms with Gasteiger partial charge in [-0.3, -0.25) is 9.78 Å². The van der Waals surface area contributed by atoms with E-state index in [4.69, 9.17) is 4.42 Å². The van der Waals surface area contributed by atoms with Crippen LogP contribution in [-0.4, -0.2) is 43.3 Å². The Kier molecular flexibility index (Phi) is 7.61. The Bertz CT molecular complexity index is 1430. The third-order valence-electron chi connectivity index (χ3n) is 5.57. The Morgan fingerprint density at radius 2 is 1.72 bits per heavy atom. The van der Waals surface area contributed by atoms with Crippen LogP contribution in [0.4, 0.5) is 0 Å². The highest BCUT2D eigenvalue weighted by molar-refractivity contribution is 7.90. The topological polar surface area (TPSA) is 105 Å². The van der Waals surface area contributed by atoms with Crippen molar-refractivity contribution in [3.63, 3.8) is 0 Å². The third kappa shape index (κ3) is 6.24. The normalized spacial score (nSPS) is 11.6. The molecular weight excluding hydrogens is 476 g/mol. The second kappa shape index (κ2) is 10.8. The average Bonchev–Trinajstić information content (AvgIpc) is 3.22. The Morgan fingerprint density at radius 1 is 1.00 bits per heavy atom. The van der Waals surface area contributed by atoms with Crippen molar-refractivity contribution in [3.05, 3.63) is 101 Å². The van der Waals surface area contributed by atoms with Gasteiger partial charge in [-0.15, -0.1) is 0 Å². The number of sulfone groups is 1. The molecule has 0 fully saturated rings. The predicted molar refractivity (Wildman–Crippen MR) is 137 cm³/mol. The average molecular weight is 505 g/mol. The predicted octanol–water partition coefficient (Wildman–Crippen LogP) is 4.01. The highest BCUT2D eigenvalue weighted by atomic mass is 32.2. The van der Waals surface area contributed by atoms with E-state index in [0.29, 0.717) is 35.0 Å². The number of amides is 1. The number of carbonyl (C=O) groups excluding carboxylic acids is 1. The summed E-state index contributed by atoms with van der Waals surface area (Å²) < 4.78 is 31.7. The molecule has 2 aromatic heterocycles. The fourth-order valence-corrected chi connectivity index (χ4v) is 5.01. The van der Waals surface area contributed by atoms with Crippen LogP contribution in [0.3, 0.4) is 0 Å². The first-order chi connectivity index (χ1) is 17.2. The highest BCUT2D eigenvalue weighted by Gasteiger charge is 2.21. The van der Waals surface area contributed by atoms with Crippen molar-refractivity contribution in [2.75, 3.05) is 14.1 Å². The Balaban J connectivity index is 1.43. The van der Waals surface area contributed by atoms with Gasteiger partial charge in [0, 0.05) is 36.6 Å². The third-order valence-corrected chi connectivity index (χ3v) is 7.21. The van der Waals surface area contributed by atoms with Crippen molar-refractivity contribution in [3.8, 4) is 11.5 Å². The van der Waals surface area contributed by atoms with Crippen LogP contribution >= 0.6 is 0 Å². The van der Waals surface area contributed by atoms with Gasteiger partial charge in [0.2, 0.25) is 5.89 Å². The van der Waals surface area contributed by atoms with Crippen LogP contribution in [-0.2, 0) is 28.7 Å². The molecule has 36 heavy (non-hydrogen) atoms. The second-order valence-corrected chi connectivity index (χ2v) is 10.8. The molecule has 0 saturated carbocycles. The van der Waals surface area contributed by atoms with Crippen molar-refractivity contribution in [2.45, 2.75) is 30.7 Å². The molecule has 186 valence electrons. The number of pyridine rings is 1. The summed E-state index contributed by atoms with van der Waals surface area (Å²) in [5, 5.41) is 2.85. The van der Waals surface area contributed by atoms with E-state index in [9.17, 15) is 13.2 Å². The minimum Gasteiger partial charge on any atom is -0.441 e. The van der Waals surface area contributed by atoms with Crippen molar-refractivity contribution in [1.29, 1.82) is 0 Å². The lowest BCUT2D eigenvalue weighted by atomic mass is 10.1. The van der Waals surface area contributed by atoms with Crippen molar-refractivity contribution in [1.82, 2.24) is 20.2 Å². The van der Waals surface area contributed by atoms with E-state index in [0.717, 1.165) is 17.7 Å². The number of hydrogen-bond donors (Lipinski definition) is 1. The molecule has 0 unspecified atom stereocenters. The Hall–Kier alpha value is -3.82. The quantitative estimate of drug-likeness (QED) is 0.367. The molecule has 1 N–H and O–H groups in total. The van der Waals surface area contributed by atoms with Gasteiger partial charge >= 0.3 is 0 Å².